The lowest BCUT2D eigenvalue weighted by Crippen LogP contribution is -1.94. The number of aromatic nitrogens is 2. The van der Waals surface area contributed by atoms with Gasteiger partial charge in [0.25, 0.3) is 0 Å². The van der Waals surface area contributed by atoms with Gasteiger partial charge in [-0.3, -0.25) is 0 Å². The number of nitrogens with zero attached hydrogens (tertiary/aromatic N) is 2. The van der Waals surface area contributed by atoms with Gasteiger partial charge in [-0.15, -0.1) is 0 Å². The molecule has 60 heavy (non-hydrogen) atoms. The van der Waals surface area contributed by atoms with Gasteiger partial charge >= 0.3 is 0 Å². The van der Waals surface area contributed by atoms with Crippen LogP contribution in [0.25, 0.3) is 110 Å². The average molecular weight is 763 g/mol. The Morgan fingerprint density at radius 3 is 1.22 bits per heavy atom. The number of hydrogen-bond donors (Lipinski definition) is 0. The third-order valence-electron chi connectivity index (χ3n) is 12.3. The maximum Gasteiger partial charge on any atom is 0.0541 e. The molecule has 2 aromatic heterocycles. The molecular formula is C58H38N2. The number of para-hydroxylation sites is 1. The quantitative estimate of drug-likeness (QED) is 0.160. The third kappa shape index (κ3) is 5.57. The number of benzene rings is 10. The monoisotopic (exact) mass is 762 g/mol. The van der Waals surface area contributed by atoms with Crippen LogP contribution in [0.15, 0.2) is 231 Å². The van der Waals surface area contributed by atoms with Crippen LogP contribution in [0.3, 0.4) is 0 Å². The van der Waals surface area contributed by atoms with E-state index in [0.717, 1.165) is 11.4 Å². The number of fused-ring (bicyclic) bond motifs is 7. The first-order valence-corrected chi connectivity index (χ1v) is 20.7. The van der Waals surface area contributed by atoms with Crippen molar-refractivity contribution in [3.8, 4) is 55.9 Å². The summed E-state index contributed by atoms with van der Waals surface area (Å²) in [6.45, 7) is 0. The molecule has 0 amide bonds. The highest BCUT2D eigenvalue weighted by atomic mass is 15.0. The Kier molecular flexibility index (Phi) is 7.89. The lowest BCUT2D eigenvalue weighted by Gasteiger charge is -2.12. The summed E-state index contributed by atoms with van der Waals surface area (Å²) < 4.78 is 4.85. The summed E-state index contributed by atoms with van der Waals surface area (Å²) in [7, 11) is 0. The van der Waals surface area contributed by atoms with Crippen LogP contribution >= 0.6 is 0 Å². The number of hydrogen-bond acceptors (Lipinski definition) is 0. The van der Waals surface area contributed by atoms with Crippen molar-refractivity contribution in [2.75, 3.05) is 0 Å². The van der Waals surface area contributed by atoms with Gasteiger partial charge in [-0.25, -0.2) is 0 Å². The van der Waals surface area contributed by atoms with Crippen molar-refractivity contribution in [2.45, 2.75) is 0 Å². The molecule has 0 aliphatic carbocycles. The van der Waals surface area contributed by atoms with Crippen LogP contribution in [0.2, 0.25) is 0 Å². The topological polar surface area (TPSA) is 9.86 Å². The predicted octanol–water partition coefficient (Wildman–Crippen LogP) is 15.7. The molecular weight excluding hydrogens is 725 g/mol. The summed E-state index contributed by atoms with van der Waals surface area (Å²) >= 11 is 0. The smallest absolute Gasteiger partial charge is 0.0541 e. The fourth-order valence-electron chi connectivity index (χ4n) is 9.47. The molecule has 0 bridgehead atoms. The van der Waals surface area contributed by atoms with Gasteiger partial charge in [0.05, 0.1) is 22.1 Å². The average Bonchev–Trinajstić information content (AvgIpc) is 3.84. The van der Waals surface area contributed by atoms with E-state index in [-0.39, 0.29) is 0 Å². The van der Waals surface area contributed by atoms with Crippen LogP contribution in [0, 0.1) is 0 Å². The van der Waals surface area contributed by atoms with Gasteiger partial charge in [-0.2, -0.15) is 0 Å². The largest absolute Gasteiger partial charge is 0.309 e. The molecule has 0 aliphatic heterocycles. The van der Waals surface area contributed by atoms with Gasteiger partial charge in [-0.1, -0.05) is 164 Å². The molecule has 10 aromatic carbocycles. The van der Waals surface area contributed by atoms with E-state index in [2.05, 4.69) is 240 Å². The zero-order chi connectivity index (χ0) is 39.6. The summed E-state index contributed by atoms with van der Waals surface area (Å²) in [5.74, 6) is 0. The molecule has 0 radical (unpaired) electrons. The summed E-state index contributed by atoms with van der Waals surface area (Å²) in [5.41, 5.74) is 16.8. The van der Waals surface area contributed by atoms with Gasteiger partial charge in [0.15, 0.2) is 0 Å². The van der Waals surface area contributed by atoms with Gasteiger partial charge in [0, 0.05) is 32.9 Å². The molecule has 2 heteroatoms. The standard InChI is InChI=1S/C58H38N2/c1-3-14-39(15-4-1)42-20-11-22-47(34-42)59-55-27-10-9-25-51(55)52-36-44(28-31-56(52)59)45-29-32-57-53(37-45)54-38-46(50-26-13-19-41-18-7-8-24-49(41)50)30-33-58(54)60(57)48-23-12-21-43(35-48)40-16-5-2-6-17-40/h1-38H. The van der Waals surface area contributed by atoms with Crippen molar-refractivity contribution in [1.29, 1.82) is 0 Å². The Morgan fingerprint density at radius 2 is 0.617 bits per heavy atom. The Bertz CT molecular complexity index is 3580. The van der Waals surface area contributed by atoms with Crippen LogP contribution in [0.4, 0.5) is 0 Å². The molecule has 0 aliphatic rings. The van der Waals surface area contributed by atoms with Crippen LogP contribution in [-0.4, -0.2) is 9.13 Å². The van der Waals surface area contributed by atoms with Crippen LogP contribution in [-0.2, 0) is 0 Å². The molecule has 12 rings (SSSR count). The van der Waals surface area contributed by atoms with Crippen molar-refractivity contribution in [3.05, 3.63) is 231 Å². The zero-order valence-electron chi connectivity index (χ0n) is 32.8. The molecule has 12 aromatic rings. The fraction of sp³-hybridized carbons (Fsp3) is 0. The summed E-state index contributed by atoms with van der Waals surface area (Å²) in [5, 5.41) is 7.46. The SMILES string of the molecule is c1ccc(-c2cccc(-n3c4ccccc4c4cc(-c5ccc6c(c5)c5cc(-c7cccc8ccccc78)ccc5n6-c5cccc(-c6ccccc6)c5)ccc43)c2)cc1. The highest BCUT2D eigenvalue weighted by Crippen LogP contribution is 2.41. The highest BCUT2D eigenvalue weighted by molar-refractivity contribution is 6.14. The first-order chi connectivity index (χ1) is 29.7. The fourth-order valence-corrected chi connectivity index (χ4v) is 9.47. The minimum atomic E-state index is 1.15. The minimum Gasteiger partial charge on any atom is -0.309 e. The molecule has 0 atom stereocenters. The van der Waals surface area contributed by atoms with Crippen molar-refractivity contribution in [3.63, 3.8) is 0 Å². The second kappa shape index (κ2) is 13.9. The van der Waals surface area contributed by atoms with Crippen molar-refractivity contribution < 1.29 is 0 Å². The van der Waals surface area contributed by atoms with E-state index in [1.165, 1.54) is 98.9 Å². The molecule has 0 spiro atoms. The normalized spacial score (nSPS) is 11.7. The van der Waals surface area contributed by atoms with E-state index in [9.17, 15) is 0 Å². The Labute approximate surface area is 348 Å². The third-order valence-corrected chi connectivity index (χ3v) is 12.3. The summed E-state index contributed by atoms with van der Waals surface area (Å²) in [6, 6.07) is 84.3. The second-order valence-electron chi connectivity index (χ2n) is 15.7. The zero-order valence-corrected chi connectivity index (χ0v) is 32.8. The molecule has 0 saturated carbocycles. The van der Waals surface area contributed by atoms with Crippen molar-refractivity contribution in [1.82, 2.24) is 9.13 Å². The summed E-state index contributed by atoms with van der Waals surface area (Å²) in [6.07, 6.45) is 0. The van der Waals surface area contributed by atoms with E-state index in [4.69, 9.17) is 0 Å². The van der Waals surface area contributed by atoms with Crippen molar-refractivity contribution in [2.24, 2.45) is 0 Å². The minimum absolute atomic E-state index is 1.15. The first-order valence-electron chi connectivity index (χ1n) is 20.7. The molecule has 0 unspecified atom stereocenters. The maximum absolute atomic E-state index is 2.44. The summed E-state index contributed by atoms with van der Waals surface area (Å²) in [4.78, 5) is 0. The van der Waals surface area contributed by atoms with Crippen LogP contribution in [0.5, 0.6) is 0 Å². The van der Waals surface area contributed by atoms with Crippen LogP contribution in [0.1, 0.15) is 0 Å². The Hall–Kier alpha value is -7.94. The molecule has 0 fully saturated rings. The van der Waals surface area contributed by atoms with E-state index in [0.29, 0.717) is 0 Å². The lowest BCUT2D eigenvalue weighted by molar-refractivity contribution is 1.18. The Balaban J connectivity index is 1.05. The van der Waals surface area contributed by atoms with E-state index in [1.807, 2.05) is 0 Å². The Morgan fingerprint density at radius 1 is 0.217 bits per heavy atom. The molecule has 0 saturated heterocycles. The van der Waals surface area contributed by atoms with E-state index < -0.39 is 0 Å². The van der Waals surface area contributed by atoms with E-state index >= 15 is 0 Å². The molecule has 2 heterocycles. The predicted molar refractivity (Wildman–Crippen MR) is 254 cm³/mol. The van der Waals surface area contributed by atoms with Crippen LogP contribution < -0.4 is 0 Å². The lowest BCUT2D eigenvalue weighted by atomic mass is 9.96. The van der Waals surface area contributed by atoms with Gasteiger partial charge < -0.3 is 9.13 Å². The molecule has 2 nitrogen and oxygen atoms in total. The van der Waals surface area contributed by atoms with Gasteiger partial charge in [0.2, 0.25) is 0 Å². The van der Waals surface area contributed by atoms with E-state index in [1.54, 1.807) is 0 Å². The van der Waals surface area contributed by atoms with Gasteiger partial charge in [-0.05, 0) is 122 Å². The first kappa shape index (κ1) is 34.1. The van der Waals surface area contributed by atoms with Gasteiger partial charge in [0.1, 0.15) is 0 Å². The second-order valence-corrected chi connectivity index (χ2v) is 15.7. The number of rotatable bonds is 6. The highest BCUT2D eigenvalue weighted by Gasteiger charge is 2.18. The molecule has 0 N–H and O–H groups in total. The maximum atomic E-state index is 2.44. The molecule has 280 valence electrons. The van der Waals surface area contributed by atoms with Crippen molar-refractivity contribution >= 4 is 54.4 Å².